The van der Waals surface area contributed by atoms with Crippen LogP contribution in [0.4, 0.5) is 0 Å². The van der Waals surface area contributed by atoms with E-state index in [1.54, 1.807) is 12.1 Å². The Morgan fingerprint density at radius 1 is 1.31 bits per heavy atom. The van der Waals surface area contributed by atoms with Crippen molar-refractivity contribution >= 4 is 23.2 Å². The Balaban J connectivity index is 2.67. The molecule has 0 amide bonds. The van der Waals surface area contributed by atoms with Crippen LogP contribution in [0.5, 0.6) is 0 Å². The summed E-state index contributed by atoms with van der Waals surface area (Å²) in [5.74, 6) is 0. The molecule has 0 aromatic heterocycles. The van der Waals surface area contributed by atoms with E-state index in [1.165, 1.54) is 0 Å². The van der Waals surface area contributed by atoms with E-state index in [9.17, 15) is 0 Å². The Hall–Kier alpha value is -0.320. The molecular weight excluding hydrogens is 249 g/mol. The van der Waals surface area contributed by atoms with Crippen LogP contribution in [0.15, 0.2) is 18.2 Å². The molecule has 1 unspecified atom stereocenters. The van der Waals surface area contributed by atoms with Crippen molar-refractivity contribution in [3.05, 3.63) is 33.8 Å². The molecular formula is C11H15Cl2NO2. The number of hydrogen-bond acceptors (Lipinski definition) is 3. The van der Waals surface area contributed by atoms with Gasteiger partial charge in [-0.25, -0.2) is 0 Å². The van der Waals surface area contributed by atoms with Gasteiger partial charge in [0.1, 0.15) is 0 Å². The average Bonchev–Trinajstić information content (AvgIpc) is 2.29. The van der Waals surface area contributed by atoms with Crippen LogP contribution in [0.2, 0.25) is 10.0 Å². The van der Waals surface area contributed by atoms with Crippen molar-refractivity contribution in [2.24, 2.45) is 5.73 Å². The number of nitrogens with two attached hydrogens (primary N) is 1. The van der Waals surface area contributed by atoms with Crippen molar-refractivity contribution in [1.82, 2.24) is 0 Å². The molecule has 0 spiro atoms. The molecule has 16 heavy (non-hydrogen) atoms. The standard InChI is InChI=1S/C11H15Cl2NO2/c12-9-3-2-8(6-10(9)13)11(7-14)16-5-1-4-15/h2-3,6,11,15H,1,4-5,7,14H2. The van der Waals surface area contributed by atoms with Crippen LogP contribution in [-0.2, 0) is 4.74 Å². The van der Waals surface area contributed by atoms with Crippen molar-refractivity contribution in [1.29, 1.82) is 0 Å². The lowest BCUT2D eigenvalue weighted by atomic mass is 10.1. The number of hydrogen-bond donors (Lipinski definition) is 2. The van der Waals surface area contributed by atoms with E-state index < -0.39 is 0 Å². The number of benzene rings is 1. The smallest absolute Gasteiger partial charge is 0.0947 e. The van der Waals surface area contributed by atoms with Gasteiger partial charge in [0, 0.05) is 19.8 Å². The zero-order valence-corrected chi connectivity index (χ0v) is 10.3. The van der Waals surface area contributed by atoms with Gasteiger partial charge in [0.15, 0.2) is 0 Å². The fraction of sp³-hybridized carbons (Fsp3) is 0.455. The third-order valence-electron chi connectivity index (χ3n) is 2.15. The van der Waals surface area contributed by atoms with Gasteiger partial charge in [0.2, 0.25) is 0 Å². The van der Waals surface area contributed by atoms with Crippen LogP contribution in [0.1, 0.15) is 18.1 Å². The summed E-state index contributed by atoms with van der Waals surface area (Å²) in [5.41, 5.74) is 6.51. The second-order valence-electron chi connectivity index (χ2n) is 3.35. The van der Waals surface area contributed by atoms with Gasteiger partial charge in [-0.3, -0.25) is 0 Å². The lowest BCUT2D eigenvalue weighted by molar-refractivity contribution is 0.0489. The van der Waals surface area contributed by atoms with Crippen LogP contribution < -0.4 is 5.73 Å². The molecule has 0 aliphatic heterocycles. The highest BCUT2D eigenvalue weighted by Crippen LogP contribution is 2.26. The van der Waals surface area contributed by atoms with E-state index in [1.807, 2.05) is 6.07 Å². The quantitative estimate of drug-likeness (QED) is 0.776. The summed E-state index contributed by atoms with van der Waals surface area (Å²) < 4.78 is 5.53. The summed E-state index contributed by atoms with van der Waals surface area (Å²) in [7, 11) is 0. The maximum Gasteiger partial charge on any atom is 0.0947 e. The second kappa shape index (κ2) is 7.09. The van der Waals surface area contributed by atoms with Crippen molar-refractivity contribution in [3.63, 3.8) is 0 Å². The van der Waals surface area contributed by atoms with Gasteiger partial charge < -0.3 is 15.6 Å². The SMILES string of the molecule is NCC(OCCCO)c1ccc(Cl)c(Cl)c1. The predicted molar refractivity (Wildman–Crippen MR) is 65.9 cm³/mol. The molecule has 0 saturated heterocycles. The van der Waals surface area contributed by atoms with Crippen LogP contribution >= 0.6 is 23.2 Å². The highest BCUT2D eigenvalue weighted by molar-refractivity contribution is 6.42. The van der Waals surface area contributed by atoms with E-state index in [0.717, 1.165) is 5.56 Å². The Bertz CT molecular complexity index is 334. The van der Waals surface area contributed by atoms with Crippen LogP contribution in [-0.4, -0.2) is 24.9 Å². The fourth-order valence-electron chi connectivity index (χ4n) is 1.30. The van der Waals surface area contributed by atoms with Crippen LogP contribution in [0, 0.1) is 0 Å². The van der Waals surface area contributed by atoms with Gasteiger partial charge in [-0.2, -0.15) is 0 Å². The zero-order chi connectivity index (χ0) is 12.0. The maximum atomic E-state index is 8.65. The molecule has 0 bridgehead atoms. The third-order valence-corrected chi connectivity index (χ3v) is 2.89. The molecule has 5 heteroatoms. The Kier molecular flexibility index (Phi) is 6.09. The van der Waals surface area contributed by atoms with Crippen molar-refractivity contribution < 1.29 is 9.84 Å². The summed E-state index contributed by atoms with van der Waals surface area (Å²) in [6.45, 7) is 0.945. The first-order valence-electron chi connectivity index (χ1n) is 5.06. The highest BCUT2D eigenvalue weighted by atomic mass is 35.5. The largest absolute Gasteiger partial charge is 0.396 e. The number of aliphatic hydroxyl groups is 1. The van der Waals surface area contributed by atoms with E-state index in [-0.39, 0.29) is 12.7 Å². The maximum absolute atomic E-state index is 8.65. The minimum atomic E-state index is -0.207. The van der Waals surface area contributed by atoms with E-state index in [0.29, 0.717) is 29.6 Å². The molecule has 0 aliphatic carbocycles. The van der Waals surface area contributed by atoms with Gasteiger partial charge in [0.05, 0.1) is 16.1 Å². The monoisotopic (exact) mass is 263 g/mol. The highest BCUT2D eigenvalue weighted by Gasteiger charge is 2.11. The van der Waals surface area contributed by atoms with Crippen molar-refractivity contribution in [2.45, 2.75) is 12.5 Å². The lowest BCUT2D eigenvalue weighted by Crippen LogP contribution is -2.16. The molecule has 90 valence electrons. The lowest BCUT2D eigenvalue weighted by Gasteiger charge is -2.16. The van der Waals surface area contributed by atoms with Gasteiger partial charge in [-0.1, -0.05) is 29.3 Å². The van der Waals surface area contributed by atoms with E-state index >= 15 is 0 Å². The average molecular weight is 264 g/mol. The number of aliphatic hydroxyl groups excluding tert-OH is 1. The van der Waals surface area contributed by atoms with Gasteiger partial charge in [0.25, 0.3) is 0 Å². The summed E-state index contributed by atoms with van der Waals surface area (Å²) in [6.07, 6.45) is 0.388. The molecule has 0 fully saturated rings. The van der Waals surface area contributed by atoms with Gasteiger partial charge in [-0.05, 0) is 24.1 Å². The molecule has 0 aliphatic rings. The number of rotatable bonds is 6. The van der Waals surface area contributed by atoms with Crippen molar-refractivity contribution in [2.75, 3.05) is 19.8 Å². The first kappa shape index (κ1) is 13.7. The number of halogens is 2. The van der Waals surface area contributed by atoms with Gasteiger partial charge in [-0.15, -0.1) is 0 Å². The fourth-order valence-corrected chi connectivity index (χ4v) is 1.61. The molecule has 0 saturated carbocycles. The van der Waals surface area contributed by atoms with E-state index in [2.05, 4.69) is 0 Å². The molecule has 3 N–H and O–H groups in total. The number of ether oxygens (including phenoxy) is 1. The molecule has 3 nitrogen and oxygen atoms in total. The molecule has 1 aromatic carbocycles. The van der Waals surface area contributed by atoms with E-state index in [4.69, 9.17) is 38.8 Å². The van der Waals surface area contributed by atoms with Crippen LogP contribution in [0.3, 0.4) is 0 Å². The molecule has 0 radical (unpaired) electrons. The van der Waals surface area contributed by atoms with Gasteiger partial charge >= 0.3 is 0 Å². The second-order valence-corrected chi connectivity index (χ2v) is 4.16. The predicted octanol–water partition coefficient (Wildman–Crippen LogP) is 2.39. The normalized spacial score (nSPS) is 12.8. The minimum Gasteiger partial charge on any atom is -0.396 e. The first-order chi connectivity index (χ1) is 7.69. The Labute approximate surface area is 105 Å². The molecule has 1 rings (SSSR count). The molecule has 1 aromatic rings. The molecule has 0 heterocycles. The Morgan fingerprint density at radius 2 is 2.06 bits per heavy atom. The zero-order valence-electron chi connectivity index (χ0n) is 8.83. The van der Waals surface area contributed by atoms with Crippen molar-refractivity contribution in [3.8, 4) is 0 Å². The topological polar surface area (TPSA) is 55.5 Å². The third kappa shape index (κ3) is 3.92. The summed E-state index contributed by atoms with van der Waals surface area (Å²) in [5, 5.41) is 9.65. The first-order valence-corrected chi connectivity index (χ1v) is 5.82. The summed E-state index contributed by atoms with van der Waals surface area (Å²) >= 11 is 11.7. The Morgan fingerprint density at radius 3 is 2.62 bits per heavy atom. The van der Waals surface area contributed by atoms with Crippen LogP contribution in [0.25, 0.3) is 0 Å². The molecule has 1 atom stereocenters. The summed E-state index contributed by atoms with van der Waals surface area (Å²) in [4.78, 5) is 0. The summed E-state index contributed by atoms with van der Waals surface area (Å²) in [6, 6.07) is 5.31. The minimum absolute atomic E-state index is 0.110.